The summed E-state index contributed by atoms with van der Waals surface area (Å²) >= 11 is 1.33. The second-order valence-electron chi connectivity index (χ2n) is 8.58. The average Bonchev–Trinajstić information content (AvgIpc) is 3.30. The molecule has 35 heavy (non-hydrogen) atoms. The second kappa shape index (κ2) is 9.90. The van der Waals surface area contributed by atoms with Gasteiger partial charge in [0.05, 0.1) is 17.4 Å². The Morgan fingerprint density at radius 1 is 1.31 bits per heavy atom. The maximum absolute atomic E-state index is 13.0. The fourth-order valence-electron chi connectivity index (χ4n) is 4.23. The summed E-state index contributed by atoms with van der Waals surface area (Å²) in [4.78, 5) is 24.9. The molecule has 186 valence electrons. The molecule has 1 aromatic carbocycles. The Morgan fingerprint density at radius 2 is 2.11 bits per heavy atom. The molecule has 2 atom stereocenters. The average molecular weight is 507 g/mol. The van der Waals surface area contributed by atoms with Crippen LogP contribution in [0.3, 0.4) is 0 Å². The summed E-state index contributed by atoms with van der Waals surface area (Å²) in [5, 5.41) is 14.7. The number of aliphatic hydroxyl groups is 1. The number of hydrogen-bond donors (Lipinski definition) is 2. The number of benzene rings is 1. The van der Waals surface area contributed by atoms with E-state index in [4.69, 9.17) is 4.74 Å². The lowest BCUT2D eigenvalue weighted by atomic mass is 9.78. The van der Waals surface area contributed by atoms with Crippen molar-refractivity contribution in [2.24, 2.45) is 5.92 Å². The van der Waals surface area contributed by atoms with Gasteiger partial charge in [-0.3, -0.25) is 4.79 Å². The highest BCUT2D eigenvalue weighted by molar-refractivity contribution is 7.15. The largest absolute Gasteiger partial charge is 0.466 e. The lowest BCUT2D eigenvalue weighted by Crippen LogP contribution is -2.36. The van der Waals surface area contributed by atoms with Gasteiger partial charge < -0.3 is 15.2 Å². The minimum absolute atomic E-state index is 0.164. The van der Waals surface area contributed by atoms with Crippen LogP contribution in [0.4, 0.5) is 24.8 Å². The van der Waals surface area contributed by atoms with Crippen LogP contribution in [0.25, 0.3) is 10.4 Å². The molecule has 1 aliphatic rings. The van der Waals surface area contributed by atoms with E-state index in [1.807, 2.05) is 13.0 Å². The highest BCUT2D eigenvalue weighted by atomic mass is 32.1. The number of nitrogens with zero attached hydrogens (tertiary/aromatic N) is 3. The SMILES string of the molecule is CCOC(=O)C1CCCC(O)(c2ncc(-c3cc(C)cc(Nc4nccc(C(F)(F)F)n4)c3)s2)C1. The van der Waals surface area contributed by atoms with Crippen LogP contribution >= 0.6 is 11.3 Å². The molecule has 0 radical (unpaired) electrons. The molecule has 7 nitrogen and oxygen atoms in total. The zero-order valence-corrected chi connectivity index (χ0v) is 20.0. The van der Waals surface area contributed by atoms with E-state index in [2.05, 4.69) is 20.3 Å². The normalized spacial score (nSPS) is 20.5. The van der Waals surface area contributed by atoms with E-state index >= 15 is 0 Å². The van der Waals surface area contributed by atoms with Gasteiger partial charge in [-0.1, -0.05) is 6.07 Å². The molecule has 0 saturated heterocycles. The summed E-state index contributed by atoms with van der Waals surface area (Å²) in [5.41, 5.74) is -0.0739. The van der Waals surface area contributed by atoms with E-state index in [1.165, 1.54) is 11.3 Å². The van der Waals surface area contributed by atoms with Crippen molar-refractivity contribution in [1.82, 2.24) is 15.0 Å². The maximum atomic E-state index is 13.0. The molecule has 0 aliphatic heterocycles. The fourth-order valence-corrected chi connectivity index (χ4v) is 5.26. The Kier molecular flexibility index (Phi) is 7.09. The molecule has 2 N–H and O–H groups in total. The zero-order chi connectivity index (χ0) is 25.2. The summed E-state index contributed by atoms with van der Waals surface area (Å²) in [6, 6.07) is 6.27. The van der Waals surface area contributed by atoms with Crippen LogP contribution in [0.2, 0.25) is 0 Å². The Hall–Kier alpha value is -3.05. The van der Waals surface area contributed by atoms with Gasteiger partial charge in [0.15, 0.2) is 0 Å². The molecular weight excluding hydrogens is 481 g/mol. The van der Waals surface area contributed by atoms with E-state index in [9.17, 15) is 23.1 Å². The second-order valence-corrected chi connectivity index (χ2v) is 9.61. The third-order valence-corrected chi connectivity index (χ3v) is 7.05. The summed E-state index contributed by atoms with van der Waals surface area (Å²) in [7, 11) is 0. The predicted octanol–water partition coefficient (Wildman–Crippen LogP) is 5.61. The Balaban J connectivity index is 1.56. The number of hydrogen-bond acceptors (Lipinski definition) is 8. The first-order chi connectivity index (χ1) is 16.6. The van der Waals surface area contributed by atoms with Crippen LogP contribution < -0.4 is 5.32 Å². The molecular formula is C24H25F3N4O3S. The highest BCUT2D eigenvalue weighted by Gasteiger charge is 2.41. The van der Waals surface area contributed by atoms with Gasteiger partial charge in [-0.25, -0.2) is 15.0 Å². The van der Waals surface area contributed by atoms with Crippen molar-refractivity contribution < 1.29 is 27.8 Å². The smallest absolute Gasteiger partial charge is 0.433 e. The number of carbonyl (C=O) groups excluding carboxylic acids is 1. The molecule has 4 rings (SSSR count). The van der Waals surface area contributed by atoms with Crippen molar-refractivity contribution in [3.63, 3.8) is 0 Å². The first kappa shape index (κ1) is 25.1. The number of ether oxygens (including phenoxy) is 1. The van der Waals surface area contributed by atoms with Crippen molar-refractivity contribution in [3.8, 4) is 10.4 Å². The number of carbonyl (C=O) groups is 1. The Labute approximate surface area is 204 Å². The quantitative estimate of drug-likeness (QED) is 0.419. The number of alkyl halides is 3. The van der Waals surface area contributed by atoms with Crippen molar-refractivity contribution in [3.05, 3.63) is 52.9 Å². The Bertz CT molecular complexity index is 1220. The van der Waals surface area contributed by atoms with Gasteiger partial charge in [0.2, 0.25) is 5.95 Å². The number of esters is 1. The first-order valence-electron chi connectivity index (χ1n) is 11.2. The molecule has 2 aromatic heterocycles. The van der Waals surface area contributed by atoms with Gasteiger partial charge >= 0.3 is 12.1 Å². The minimum Gasteiger partial charge on any atom is -0.466 e. The topological polar surface area (TPSA) is 97.2 Å². The highest BCUT2D eigenvalue weighted by Crippen LogP contribution is 2.43. The summed E-state index contributed by atoms with van der Waals surface area (Å²) in [5.74, 6) is -0.834. The minimum atomic E-state index is -4.57. The van der Waals surface area contributed by atoms with Crippen LogP contribution in [-0.4, -0.2) is 32.6 Å². The number of thiazole rings is 1. The number of aryl methyl sites for hydroxylation is 1. The number of rotatable bonds is 6. The van der Waals surface area contributed by atoms with E-state index in [1.54, 1.807) is 25.3 Å². The number of nitrogens with one attached hydrogen (secondary N) is 1. The summed E-state index contributed by atoms with van der Waals surface area (Å²) in [6.45, 7) is 3.91. The lowest BCUT2D eigenvalue weighted by molar-refractivity contribution is -0.153. The Morgan fingerprint density at radius 3 is 2.86 bits per heavy atom. The van der Waals surface area contributed by atoms with Gasteiger partial charge in [0, 0.05) is 18.1 Å². The molecule has 0 bridgehead atoms. The van der Waals surface area contributed by atoms with Gasteiger partial charge in [-0.15, -0.1) is 11.3 Å². The standard InChI is InChI=1S/C24H25F3N4O3S/c1-3-34-20(32)15-5-4-7-23(33,12-15)21-29-13-18(35-21)16-9-14(2)10-17(11-16)30-22-28-8-6-19(31-22)24(25,26)27/h6,8-11,13,15,33H,3-5,7,12H2,1-2H3,(H,28,30,31). The van der Waals surface area contributed by atoms with E-state index in [-0.39, 0.29) is 24.3 Å². The first-order valence-corrected chi connectivity index (χ1v) is 12.0. The van der Waals surface area contributed by atoms with Crippen molar-refractivity contribution in [2.75, 3.05) is 11.9 Å². The predicted molar refractivity (Wildman–Crippen MR) is 125 cm³/mol. The monoisotopic (exact) mass is 506 g/mol. The van der Waals surface area contributed by atoms with E-state index < -0.39 is 17.5 Å². The number of anilines is 2. The van der Waals surface area contributed by atoms with Crippen LogP contribution in [0.15, 0.2) is 36.7 Å². The molecule has 2 heterocycles. The van der Waals surface area contributed by atoms with Crippen molar-refractivity contribution in [2.45, 2.75) is 51.3 Å². The molecule has 0 amide bonds. The number of aromatic nitrogens is 3. The van der Waals surface area contributed by atoms with Crippen LogP contribution in [0.5, 0.6) is 0 Å². The lowest BCUT2D eigenvalue weighted by Gasteiger charge is -2.34. The summed E-state index contributed by atoms with van der Waals surface area (Å²) in [6.07, 6.45) is 0.260. The molecule has 2 unspecified atom stereocenters. The van der Waals surface area contributed by atoms with Crippen LogP contribution in [0.1, 0.15) is 48.9 Å². The summed E-state index contributed by atoms with van der Waals surface area (Å²) < 4.78 is 44.1. The molecule has 1 saturated carbocycles. The van der Waals surface area contributed by atoms with Crippen LogP contribution in [-0.2, 0) is 21.3 Å². The third-order valence-electron chi connectivity index (χ3n) is 5.81. The van der Waals surface area contributed by atoms with Gasteiger partial charge in [-0.05, 0) is 68.9 Å². The van der Waals surface area contributed by atoms with Crippen LogP contribution in [0, 0.1) is 12.8 Å². The van der Waals surface area contributed by atoms with Gasteiger partial charge in [-0.2, -0.15) is 13.2 Å². The molecule has 1 fully saturated rings. The van der Waals surface area contributed by atoms with E-state index in [0.717, 1.165) is 28.3 Å². The molecule has 0 spiro atoms. The van der Waals surface area contributed by atoms with Crippen molar-refractivity contribution in [1.29, 1.82) is 0 Å². The zero-order valence-electron chi connectivity index (χ0n) is 19.2. The third kappa shape index (κ3) is 5.79. The fraction of sp³-hybridized carbons (Fsp3) is 0.417. The van der Waals surface area contributed by atoms with E-state index in [0.29, 0.717) is 36.6 Å². The van der Waals surface area contributed by atoms with Crippen molar-refractivity contribution >= 4 is 28.9 Å². The number of halogens is 3. The molecule has 11 heteroatoms. The maximum Gasteiger partial charge on any atom is 0.433 e. The molecule has 1 aliphatic carbocycles. The van der Waals surface area contributed by atoms with Gasteiger partial charge in [0.1, 0.15) is 16.3 Å². The molecule has 3 aromatic rings. The van der Waals surface area contributed by atoms with Gasteiger partial charge in [0.25, 0.3) is 0 Å².